The molecular formula is C9H8N4S. The van der Waals surface area contributed by atoms with Crippen LogP contribution in [0, 0.1) is 11.3 Å². The molecule has 0 aliphatic carbocycles. The van der Waals surface area contributed by atoms with Crippen molar-refractivity contribution < 1.29 is 0 Å². The van der Waals surface area contributed by atoms with E-state index in [2.05, 4.69) is 22.5 Å². The van der Waals surface area contributed by atoms with Crippen LogP contribution in [0.3, 0.4) is 0 Å². The molecule has 1 rings (SSSR count). The summed E-state index contributed by atoms with van der Waals surface area (Å²) in [5.74, 6) is 0.636. The minimum Gasteiger partial charge on any atom is -0.389 e. The summed E-state index contributed by atoms with van der Waals surface area (Å²) in [5, 5.41) is 11.4. The molecular weight excluding hydrogens is 196 g/mol. The molecule has 0 fully saturated rings. The highest BCUT2D eigenvalue weighted by Crippen LogP contribution is 2.01. The van der Waals surface area contributed by atoms with Gasteiger partial charge in [-0.2, -0.15) is 5.26 Å². The van der Waals surface area contributed by atoms with Gasteiger partial charge < -0.3 is 11.1 Å². The van der Waals surface area contributed by atoms with E-state index in [0.29, 0.717) is 5.82 Å². The number of aromatic nitrogens is 1. The summed E-state index contributed by atoms with van der Waals surface area (Å²) in [6.07, 6.45) is 3.08. The van der Waals surface area contributed by atoms with Crippen molar-refractivity contribution in [2.24, 2.45) is 5.73 Å². The van der Waals surface area contributed by atoms with Crippen molar-refractivity contribution in [2.75, 3.05) is 5.32 Å². The van der Waals surface area contributed by atoms with E-state index in [1.54, 1.807) is 18.3 Å². The lowest BCUT2D eigenvalue weighted by molar-refractivity contribution is 1.31. The van der Waals surface area contributed by atoms with Gasteiger partial charge in [0.25, 0.3) is 0 Å². The number of rotatable bonds is 3. The Morgan fingerprint density at radius 1 is 1.64 bits per heavy atom. The summed E-state index contributed by atoms with van der Waals surface area (Å²) in [4.78, 5) is 4.06. The number of hydrogen-bond acceptors (Lipinski definition) is 4. The van der Waals surface area contributed by atoms with Crippen LogP contribution in [0.2, 0.25) is 0 Å². The molecule has 0 saturated heterocycles. The maximum atomic E-state index is 8.63. The molecule has 1 aromatic heterocycles. The number of thiocarbonyl (C=S) groups is 1. The Morgan fingerprint density at radius 2 is 2.43 bits per heavy atom. The Bertz CT molecular complexity index is 391. The maximum Gasteiger partial charge on any atom is 0.129 e. The molecule has 70 valence electrons. The van der Waals surface area contributed by atoms with Gasteiger partial charge >= 0.3 is 0 Å². The topological polar surface area (TPSA) is 74.7 Å². The van der Waals surface area contributed by atoms with Gasteiger partial charge in [0.05, 0.1) is 0 Å². The fourth-order valence-electron chi connectivity index (χ4n) is 0.753. The van der Waals surface area contributed by atoms with E-state index in [4.69, 9.17) is 11.0 Å². The van der Waals surface area contributed by atoms with E-state index in [0.717, 1.165) is 0 Å². The first-order chi connectivity index (χ1) is 6.74. The molecule has 0 radical (unpaired) electrons. The van der Waals surface area contributed by atoms with E-state index in [1.807, 2.05) is 12.1 Å². The molecule has 0 amide bonds. The van der Waals surface area contributed by atoms with Crippen molar-refractivity contribution in [3.63, 3.8) is 0 Å². The minimum atomic E-state index is 0.0657. The third-order valence-electron chi connectivity index (χ3n) is 1.42. The van der Waals surface area contributed by atoms with Crippen LogP contribution >= 0.6 is 12.2 Å². The van der Waals surface area contributed by atoms with Crippen molar-refractivity contribution in [2.45, 2.75) is 0 Å². The Hall–Kier alpha value is -1.93. The zero-order valence-corrected chi connectivity index (χ0v) is 8.08. The van der Waals surface area contributed by atoms with Crippen LogP contribution in [0.5, 0.6) is 0 Å². The number of anilines is 1. The first-order valence-corrected chi connectivity index (χ1v) is 4.22. The van der Waals surface area contributed by atoms with E-state index < -0.39 is 0 Å². The quantitative estimate of drug-likeness (QED) is 0.439. The van der Waals surface area contributed by atoms with E-state index in [-0.39, 0.29) is 10.6 Å². The summed E-state index contributed by atoms with van der Waals surface area (Å²) in [6.45, 7) is 0. The first kappa shape index (κ1) is 10.2. The molecule has 0 bridgehead atoms. The summed E-state index contributed by atoms with van der Waals surface area (Å²) < 4.78 is 0. The van der Waals surface area contributed by atoms with Crippen molar-refractivity contribution in [1.82, 2.24) is 4.98 Å². The average Bonchev–Trinajstić information content (AvgIpc) is 2.20. The van der Waals surface area contributed by atoms with E-state index in [1.165, 1.54) is 6.20 Å². The summed E-state index contributed by atoms with van der Waals surface area (Å²) in [6, 6.07) is 7.27. The van der Waals surface area contributed by atoms with Gasteiger partial charge in [0.2, 0.25) is 0 Å². The Balaban J connectivity index is 2.73. The minimum absolute atomic E-state index is 0.0657. The van der Waals surface area contributed by atoms with Gasteiger partial charge in [0, 0.05) is 12.4 Å². The largest absolute Gasteiger partial charge is 0.389 e. The fourth-order valence-corrected chi connectivity index (χ4v) is 0.857. The highest BCUT2D eigenvalue weighted by molar-refractivity contribution is 7.80. The Labute approximate surface area is 87.1 Å². The smallest absolute Gasteiger partial charge is 0.129 e. The molecule has 3 N–H and O–H groups in total. The third-order valence-corrected chi connectivity index (χ3v) is 1.64. The van der Waals surface area contributed by atoms with Gasteiger partial charge in [-0.15, -0.1) is 0 Å². The molecule has 1 aromatic rings. The van der Waals surface area contributed by atoms with E-state index >= 15 is 0 Å². The molecule has 0 spiro atoms. The number of pyridine rings is 1. The van der Waals surface area contributed by atoms with Crippen LogP contribution < -0.4 is 11.1 Å². The van der Waals surface area contributed by atoms with Crippen LogP contribution in [0.4, 0.5) is 5.82 Å². The molecule has 0 unspecified atom stereocenters. The lowest BCUT2D eigenvalue weighted by Gasteiger charge is -1.99. The molecule has 4 nitrogen and oxygen atoms in total. The summed E-state index contributed by atoms with van der Waals surface area (Å²) in [5.41, 5.74) is 5.52. The summed E-state index contributed by atoms with van der Waals surface area (Å²) in [7, 11) is 0. The zero-order valence-electron chi connectivity index (χ0n) is 7.27. The van der Waals surface area contributed by atoms with Crippen molar-refractivity contribution >= 4 is 23.0 Å². The van der Waals surface area contributed by atoms with Gasteiger partial charge in [-0.05, 0) is 12.1 Å². The van der Waals surface area contributed by atoms with E-state index in [9.17, 15) is 0 Å². The third kappa shape index (κ3) is 2.84. The van der Waals surface area contributed by atoms with Crippen LogP contribution in [-0.2, 0) is 0 Å². The first-order valence-electron chi connectivity index (χ1n) is 3.81. The molecule has 0 saturated carbocycles. The average molecular weight is 204 g/mol. The molecule has 0 aliphatic rings. The van der Waals surface area contributed by atoms with Gasteiger partial charge in [-0.25, -0.2) is 4.98 Å². The monoisotopic (exact) mass is 204 g/mol. The van der Waals surface area contributed by atoms with Gasteiger partial charge in [-0.1, -0.05) is 18.3 Å². The normalized spacial score (nSPS) is 10.4. The highest BCUT2D eigenvalue weighted by Gasteiger charge is 1.97. The fraction of sp³-hybridized carbons (Fsp3) is 0. The zero-order chi connectivity index (χ0) is 10.4. The molecule has 1 heterocycles. The van der Waals surface area contributed by atoms with Gasteiger partial charge in [0.15, 0.2) is 0 Å². The van der Waals surface area contributed by atoms with Crippen molar-refractivity contribution in [3.05, 3.63) is 36.2 Å². The lowest BCUT2D eigenvalue weighted by atomic mass is 10.3. The number of nitrogens with zero attached hydrogens (tertiary/aromatic N) is 2. The highest BCUT2D eigenvalue weighted by atomic mass is 32.1. The van der Waals surface area contributed by atoms with Crippen LogP contribution in [0.25, 0.3) is 0 Å². The SMILES string of the molecule is N#CC(=CNc1ccccn1)C(N)=S. The number of nitriles is 1. The standard InChI is InChI=1S/C9H8N4S/c10-5-7(9(11)14)6-13-8-3-1-2-4-12-8/h1-4,6H,(H2,11,14)(H,12,13). The molecule has 14 heavy (non-hydrogen) atoms. The second-order valence-electron chi connectivity index (χ2n) is 2.39. The predicted octanol–water partition coefficient (Wildman–Crippen LogP) is 1.19. The molecule has 5 heteroatoms. The second kappa shape index (κ2) is 4.94. The molecule has 0 aromatic carbocycles. The van der Waals surface area contributed by atoms with Crippen molar-refractivity contribution in [3.8, 4) is 6.07 Å². The summed E-state index contributed by atoms with van der Waals surface area (Å²) >= 11 is 4.66. The molecule has 0 atom stereocenters. The van der Waals surface area contributed by atoms with Gasteiger partial charge in [-0.3, -0.25) is 0 Å². The van der Waals surface area contributed by atoms with Gasteiger partial charge in [0.1, 0.15) is 22.4 Å². The second-order valence-corrected chi connectivity index (χ2v) is 2.83. The predicted molar refractivity (Wildman–Crippen MR) is 58.3 cm³/mol. The van der Waals surface area contributed by atoms with Crippen LogP contribution in [0.15, 0.2) is 36.2 Å². The maximum absolute atomic E-state index is 8.63. The van der Waals surface area contributed by atoms with Crippen molar-refractivity contribution in [1.29, 1.82) is 5.26 Å². The molecule has 0 aliphatic heterocycles. The Kier molecular flexibility index (Phi) is 3.58. The Morgan fingerprint density at radius 3 is 2.93 bits per heavy atom. The van der Waals surface area contributed by atoms with Crippen LogP contribution in [0.1, 0.15) is 0 Å². The number of nitrogens with two attached hydrogens (primary N) is 1. The number of nitrogens with one attached hydrogen (secondary N) is 1. The van der Waals surface area contributed by atoms with Crippen LogP contribution in [-0.4, -0.2) is 9.97 Å². The number of hydrogen-bond donors (Lipinski definition) is 2. The lowest BCUT2D eigenvalue weighted by Crippen LogP contribution is -2.11.